The number of allylic oxidation sites excluding steroid dienone is 5. The molecule has 0 spiro atoms. The normalized spacial score (nSPS) is 18.1. The molecule has 2 aromatic heterocycles. The van der Waals surface area contributed by atoms with Crippen LogP contribution in [0.1, 0.15) is 10.4 Å². The number of hydrogen-bond donors (Lipinski definition) is 1. The van der Waals surface area contributed by atoms with E-state index in [1.807, 2.05) is 11.3 Å². The molecule has 1 nitrogen and oxygen atoms in total. The lowest BCUT2D eigenvalue weighted by Crippen LogP contribution is -2.09. The summed E-state index contributed by atoms with van der Waals surface area (Å²) in [5, 5.41) is 6.83. The quantitative estimate of drug-likeness (QED) is 0.291. The van der Waals surface area contributed by atoms with Gasteiger partial charge >= 0.3 is 0 Å². The standard InChI is InChI=1S/C26H17NS/c1-2-8-16-14-22-20(13-15(16)7-1)24-18-10-4-3-9-17(18)23-19-11-5-6-12-21(19)27-25(23)26(24)28-22/h1-13,16,27H,14H2. The Balaban J connectivity index is 1.73. The van der Waals surface area contributed by atoms with Gasteiger partial charge in [-0.25, -0.2) is 0 Å². The van der Waals surface area contributed by atoms with Crippen LogP contribution in [0.25, 0.3) is 48.7 Å². The summed E-state index contributed by atoms with van der Waals surface area (Å²) < 4.78 is 1.40. The maximum absolute atomic E-state index is 3.75. The first-order valence-corrected chi connectivity index (χ1v) is 10.6. The highest BCUT2D eigenvalue weighted by Crippen LogP contribution is 2.48. The Labute approximate surface area is 166 Å². The number of thiophene rings is 1. The fraction of sp³-hybridized carbons (Fsp3) is 0.0769. The largest absolute Gasteiger partial charge is 0.353 e. The highest BCUT2D eigenvalue weighted by Gasteiger charge is 2.25. The second-order valence-corrected chi connectivity index (χ2v) is 8.91. The molecular weight excluding hydrogens is 358 g/mol. The van der Waals surface area contributed by atoms with E-state index in [9.17, 15) is 0 Å². The van der Waals surface area contributed by atoms with E-state index >= 15 is 0 Å². The van der Waals surface area contributed by atoms with Crippen molar-refractivity contribution < 1.29 is 0 Å². The second-order valence-electron chi connectivity index (χ2n) is 7.81. The summed E-state index contributed by atoms with van der Waals surface area (Å²) in [6.45, 7) is 0. The van der Waals surface area contributed by atoms with Crippen LogP contribution in [0.5, 0.6) is 0 Å². The summed E-state index contributed by atoms with van der Waals surface area (Å²) in [6, 6.07) is 17.6. The third-order valence-electron chi connectivity index (χ3n) is 6.31. The Hall–Kier alpha value is -3.10. The molecule has 132 valence electrons. The van der Waals surface area contributed by atoms with Crippen molar-refractivity contribution >= 4 is 60.1 Å². The van der Waals surface area contributed by atoms with Crippen molar-refractivity contribution in [2.75, 3.05) is 0 Å². The zero-order chi connectivity index (χ0) is 18.2. The maximum Gasteiger partial charge on any atom is 0.0652 e. The van der Waals surface area contributed by atoms with Crippen molar-refractivity contribution in [1.82, 2.24) is 4.98 Å². The molecule has 1 atom stereocenters. The fourth-order valence-electron chi connectivity index (χ4n) is 5.06. The van der Waals surface area contributed by atoms with Crippen LogP contribution < -0.4 is 0 Å². The van der Waals surface area contributed by atoms with Gasteiger partial charge in [-0.1, -0.05) is 66.8 Å². The van der Waals surface area contributed by atoms with Crippen molar-refractivity contribution in [2.24, 2.45) is 5.92 Å². The van der Waals surface area contributed by atoms with E-state index in [1.165, 1.54) is 58.7 Å². The van der Waals surface area contributed by atoms with Crippen molar-refractivity contribution in [3.8, 4) is 0 Å². The minimum Gasteiger partial charge on any atom is -0.353 e. The van der Waals surface area contributed by atoms with Gasteiger partial charge in [0.15, 0.2) is 0 Å². The second kappa shape index (κ2) is 5.24. The number of para-hydroxylation sites is 1. The van der Waals surface area contributed by atoms with Crippen LogP contribution in [0.4, 0.5) is 0 Å². The minimum absolute atomic E-state index is 0.523. The molecule has 0 saturated heterocycles. The van der Waals surface area contributed by atoms with Crippen molar-refractivity contribution in [3.05, 3.63) is 88.8 Å². The van der Waals surface area contributed by atoms with Crippen LogP contribution in [0.2, 0.25) is 0 Å². The van der Waals surface area contributed by atoms with Crippen LogP contribution in [0.15, 0.2) is 78.4 Å². The molecule has 0 amide bonds. The van der Waals surface area contributed by atoms with Gasteiger partial charge in [-0.3, -0.25) is 0 Å². The Kier molecular flexibility index (Phi) is 2.79. The number of rotatable bonds is 0. The van der Waals surface area contributed by atoms with Crippen molar-refractivity contribution in [3.63, 3.8) is 0 Å². The molecule has 5 aromatic rings. The third-order valence-corrected chi connectivity index (χ3v) is 7.55. The smallest absolute Gasteiger partial charge is 0.0652 e. The van der Waals surface area contributed by atoms with E-state index in [1.54, 1.807) is 0 Å². The zero-order valence-electron chi connectivity index (χ0n) is 15.2. The molecular formula is C26H17NS. The van der Waals surface area contributed by atoms with Gasteiger partial charge < -0.3 is 4.98 Å². The molecule has 3 aromatic carbocycles. The minimum atomic E-state index is 0.523. The number of aromatic nitrogens is 1. The van der Waals surface area contributed by atoms with Gasteiger partial charge in [0.25, 0.3) is 0 Å². The Morgan fingerprint density at radius 3 is 2.54 bits per heavy atom. The lowest BCUT2D eigenvalue weighted by Gasteiger charge is -2.21. The molecule has 7 rings (SSSR count). The van der Waals surface area contributed by atoms with E-state index in [0.717, 1.165) is 6.42 Å². The SMILES string of the molecule is C1=CC2=Cc3c(sc4c5[nH]c6ccccc6c5c5ccccc5c34)CC2C=C1. The molecule has 2 heteroatoms. The number of aromatic amines is 1. The predicted molar refractivity (Wildman–Crippen MR) is 122 cm³/mol. The van der Waals surface area contributed by atoms with Crippen LogP contribution in [0.3, 0.4) is 0 Å². The van der Waals surface area contributed by atoms with E-state index in [-0.39, 0.29) is 0 Å². The highest BCUT2D eigenvalue weighted by atomic mass is 32.1. The van der Waals surface area contributed by atoms with Gasteiger partial charge in [0.1, 0.15) is 0 Å². The third kappa shape index (κ3) is 1.81. The van der Waals surface area contributed by atoms with Crippen LogP contribution in [-0.2, 0) is 6.42 Å². The summed E-state index contributed by atoms with van der Waals surface area (Å²) in [5.74, 6) is 0.523. The molecule has 2 aliphatic carbocycles. The van der Waals surface area contributed by atoms with Gasteiger partial charge in [0.05, 0.1) is 10.2 Å². The molecule has 0 radical (unpaired) electrons. The van der Waals surface area contributed by atoms with Gasteiger partial charge in [0.2, 0.25) is 0 Å². The average Bonchev–Trinajstić information content (AvgIpc) is 3.31. The molecule has 0 bridgehead atoms. The summed E-state index contributed by atoms with van der Waals surface area (Å²) in [5.41, 5.74) is 5.39. The van der Waals surface area contributed by atoms with Crippen molar-refractivity contribution in [1.29, 1.82) is 0 Å². The fourth-order valence-corrected chi connectivity index (χ4v) is 6.41. The van der Waals surface area contributed by atoms with E-state index < -0.39 is 0 Å². The Morgan fingerprint density at radius 2 is 1.64 bits per heavy atom. The van der Waals surface area contributed by atoms with Gasteiger partial charge in [-0.15, -0.1) is 11.3 Å². The maximum atomic E-state index is 3.75. The molecule has 0 aliphatic heterocycles. The summed E-state index contributed by atoms with van der Waals surface area (Å²) >= 11 is 1.98. The van der Waals surface area contributed by atoms with E-state index in [0.29, 0.717) is 5.92 Å². The van der Waals surface area contributed by atoms with E-state index in [4.69, 9.17) is 0 Å². The molecule has 2 aliphatic rings. The molecule has 1 N–H and O–H groups in total. The predicted octanol–water partition coefficient (Wildman–Crippen LogP) is 7.37. The number of fused-ring (bicyclic) bond motifs is 11. The molecule has 2 heterocycles. The molecule has 1 unspecified atom stereocenters. The van der Waals surface area contributed by atoms with Gasteiger partial charge in [-0.2, -0.15) is 0 Å². The topological polar surface area (TPSA) is 15.8 Å². The van der Waals surface area contributed by atoms with E-state index in [2.05, 4.69) is 83.9 Å². The summed E-state index contributed by atoms with van der Waals surface area (Å²) in [7, 11) is 0. The lowest BCUT2D eigenvalue weighted by molar-refractivity contribution is 0.771. The summed E-state index contributed by atoms with van der Waals surface area (Å²) in [4.78, 5) is 5.26. The first-order chi connectivity index (χ1) is 13.9. The summed E-state index contributed by atoms with van der Waals surface area (Å²) in [6.07, 6.45) is 12.5. The molecule has 0 fully saturated rings. The molecule has 28 heavy (non-hydrogen) atoms. The Bertz CT molecular complexity index is 1540. The lowest BCUT2D eigenvalue weighted by atomic mass is 9.83. The first-order valence-electron chi connectivity index (χ1n) is 9.81. The number of H-pyrrole nitrogens is 1. The van der Waals surface area contributed by atoms with Gasteiger partial charge in [-0.05, 0) is 40.5 Å². The van der Waals surface area contributed by atoms with Crippen LogP contribution >= 0.6 is 11.3 Å². The highest BCUT2D eigenvalue weighted by molar-refractivity contribution is 7.20. The van der Waals surface area contributed by atoms with Crippen molar-refractivity contribution in [2.45, 2.75) is 6.42 Å². The van der Waals surface area contributed by atoms with Crippen LogP contribution in [-0.4, -0.2) is 4.98 Å². The zero-order valence-corrected chi connectivity index (χ0v) is 16.0. The van der Waals surface area contributed by atoms with Crippen LogP contribution in [0, 0.1) is 5.92 Å². The Morgan fingerprint density at radius 1 is 0.857 bits per heavy atom. The monoisotopic (exact) mass is 375 g/mol. The average molecular weight is 375 g/mol. The van der Waals surface area contributed by atoms with Gasteiger partial charge in [0, 0.05) is 32.5 Å². The number of hydrogen-bond acceptors (Lipinski definition) is 1. The molecule has 0 saturated carbocycles. The number of benzene rings is 3. The first kappa shape index (κ1) is 14.9. The number of nitrogens with one attached hydrogen (secondary N) is 1.